The van der Waals surface area contributed by atoms with Crippen molar-refractivity contribution in [2.24, 2.45) is 11.7 Å². The minimum atomic E-state index is -2.31. The molecule has 0 aliphatic carbocycles. The number of carbonyl (C=O) groups is 3. The Morgan fingerprint density at radius 1 is 1.31 bits per heavy atom. The van der Waals surface area contributed by atoms with Gasteiger partial charge in [-0.3, -0.25) is 4.79 Å². The van der Waals surface area contributed by atoms with Crippen molar-refractivity contribution >= 4 is 17.7 Å². The van der Waals surface area contributed by atoms with E-state index in [2.05, 4.69) is 4.74 Å². The lowest BCUT2D eigenvalue weighted by Gasteiger charge is -2.19. The van der Waals surface area contributed by atoms with Crippen LogP contribution in [0.15, 0.2) is 0 Å². The van der Waals surface area contributed by atoms with Crippen molar-refractivity contribution in [1.82, 2.24) is 0 Å². The highest BCUT2D eigenvalue weighted by molar-refractivity contribution is 6.08. The van der Waals surface area contributed by atoms with Crippen LogP contribution in [0, 0.1) is 5.92 Å². The van der Waals surface area contributed by atoms with Crippen molar-refractivity contribution in [3.8, 4) is 0 Å². The van der Waals surface area contributed by atoms with Crippen molar-refractivity contribution in [1.29, 1.82) is 0 Å². The molecule has 92 valence electrons. The van der Waals surface area contributed by atoms with Crippen LogP contribution in [0.5, 0.6) is 0 Å². The first-order valence-electron chi connectivity index (χ1n) is 4.85. The number of aliphatic hydroxyl groups is 1. The highest BCUT2D eigenvalue weighted by Gasteiger charge is 2.39. The number of hydrogen-bond donors (Lipinski definition) is 2. The number of nitrogens with two attached hydrogens (primary N) is 1. The highest BCUT2D eigenvalue weighted by Crippen LogP contribution is 2.09. The van der Waals surface area contributed by atoms with E-state index in [1.165, 1.54) is 0 Å². The number of carbonyl (C=O) groups excluding carboxylic acids is 3. The third kappa shape index (κ3) is 3.39. The maximum absolute atomic E-state index is 11.3. The van der Waals surface area contributed by atoms with Gasteiger partial charge in [0.1, 0.15) is 6.04 Å². The van der Waals surface area contributed by atoms with Crippen LogP contribution in [0.4, 0.5) is 0 Å². The number of ketones is 1. The topological polar surface area (TPSA) is 107 Å². The Morgan fingerprint density at radius 3 is 2.06 bits per heavy atom. The summed E-state index contributed by atoms with van der Waals surface area (Å²) in [7, 11) is 0. The van der Waals surface area contributed by atoms with Gasteiger partial charge in [0, 0.05) is 0 Å². The van der Waals surface area contributed by atoms with Crippen molar-refractivity contribution in [2.75, 3.05) is 0 Å². The molecule has 2 atom stereocenters. The summed E-state index contributed by atoms with van der Waals surface area (Å²) >= 11 is 0. The van der Waals surface area contributed by atoms with E-state index in [-0.39, 0.29) is 5.92 Å². The van der Waals surface area contributed by atoms with Gasteiger partial charge < -0.3 is 15.6 Å². The van der Waals surface area contributed by atoms with E-state index in [0.29, 0.717) is 0 Å². The van der Waals surface area contributed by atoms with Crippen LogP contribution in [0.1, 0.15) is 27.7 Å². The van der Waals surface area contributed by atoms with E-state index in [1.54, 1.807) is 13.8 Å². The van der Waals surface area contributed by atoms with Crippen LogP contribution in [-0.2, 0) is 19.1 Å². The van der Waals surface area contributed by atoms with Crippen LogP contribution in [0.25, 0.3) is 0 Å². The second-order valence-electron chi connectivity index (χ2n) is 4.11. The lowest BCUT2D eigenvalue weighted by atomic mass is 10.0. The second kappa shape index (κ2) is 5.18. The van der Waals surface area contributed by atoms with E-state index in [0.717, 1.165) is 13.8 Å². The Bertz CT molecular complexity index is 308. The fourth-order valence-corrected chi connectivity index (χ4v) is 0.675. The largest absolute Gasteiger partial charge is 0.389 e. The molecule has 0 bridgehead atoms. The molecule has 6 heteroatoms. The van der Waals surface area contributed by atoms with Gasteiger partial charge in [-0.15, -0.1) is 0 Å². The van der Waals surface area contributed by atoms with Crippen LogP contribution in [0.2, 0.25) is 0 Å². The predicted molar refractivity (Wildman–Crippen MR) is 55.2 cm³/mol. The summed E-state index contributed by atoms with van der Waals surface area (Å²) in [6.45, 7) is 5.35. The SMILES string of the molecule is CC(=O)C(C)(O)C(=O)OC(=O)[C@@H](N)C(C)C. The van der Waals surface area contributed by atoms with Gasteiger partial charge in [-0.05, 0) is 19.8 Å². The van der Waals surface area contributed by atoms with Crippen molar-refractivity contribution in [3.05, 3.63) is 0 Å². The first-order chi connectivity index (χ1) is 7.10. The zero-order valence-electron chi connectivity index (χ0n) is 9.81. The van der Waals surface area contributed by atoms with Gasteiger partial charge in [0.15, 0.2) is 5.78 Å². The molecule has 0 aliphatic rings. The van der Waals surface area contributed by atoms with Gasteiger partial charge in [0.2, 0.25) is 5.60 Å². The Kier molecular flexibility index (Phi) is 4.77. The summed E-state index contributed by atoms with van der Waals surface area (Å²) in [6, 6.07) is -0.966. The first kappa shape index (κ1) is 14.7. The lowest BCUT2D eigenvalue weighted by molar-refractivity contribution is -0.175. The van der Waals surface area contributed by atoms with Crippen molar-refractivity contribution in [3.63, 3.8) is 0 Å². The summed E-state index contributed by atoms with van der Waals surface area (Å²) in [5.74, 6) is -3.27. The van der Waals surface area contributed by atoms with Gasteiger partial charge in [-0.2, -0.15) is 0 Å². The lowest BCUT2D eigenvalue weighted by Crippen LogP contribution is -2.47. The van der Waals surface area contributed by atoms with Gasteiger partial charge in [0.05, 0.1) is 0 Å². The average molecular weight is 231 g/mol. The van der Waals surface area contributed by atoms with E-state index in [9.17, 15) is 19.5 Å². The summed E-state index contributed by atoms with van der Waals surface area (Å²) < 4.78 is 4.33. The fourth-order valence-electron chi connectivity index (χ4n) is 0.675. The second-order valence-corrected chi connectivity index (χ2v) is 4.11. The molecular weight excluding hydrogens is 214 g/mol. The van der Waals surface area contributed by atoms with E-state index in [1.807, 2.05) is 0 Å². The fraction of sp³-hybridized carbons (Fsp3) is 0.700. The normalized spacial score (nSPS) is 16.4. The number of esters is 2. The summed E-state index contributed by atoms with van der Waals surface area (Å²) in [6.07, 6.45) is 0. The molecule has 0 saturated heterocycles. The highest BCUT2D eigenvalue weighted by atomic mass is 16.6. The first-order valence-corrected chi connectivity index (χ1v) is 4.85. The molecule has 16 heavy (non-hydrogen) atoms. The Morgan fingerprint density at radius 2 is 1.75 bits per heavy atom. The monoisotopic (exact) mass is 231 g/mol. The summed E-state index contributed by atoms with van der Waals surface area (Å²) in [5, 5.41) is 9.41. The molecule has 0 amide bonds. The molecule has 0 spiro atoms. The molecule has 0 heterocycles. The quantitative estimate of drug-likeness (QED) is 0.493. The number of ether oxygens (including phenoxy) is 1. The third-order valence-electron chi connectivity index (χ3n) is 2.27. The molecule has 3 N–H and O–H groups in total. The minimum Gasteiger partial charge on any atom is -0.389 e. The molecule has 0 aliphatic heterocycles. The maximum Gasteiger partial charge on any atom is 0.353 e. The Labute approximate surface area is 93.8 Å². The smallest absolute Gasteiger partial charge is 0.353 e. The maximum atomic E-state index is 11.3. The van der Waals surface area contributed by atoms with Gasteiger partial charge in [0.25, 0.3) is 0 Å². The summed E-state index contributed by atoms with van der Waals surface area (Å²) in [5.41, 5.74) is 3.12. The molecule has 0 saturated carbocycles. The van der Waals surface area contributed by atoms with E-state index >= 15 is 0 Å². The number of hydrogen-bond acceptors (Lipinski definition) is 6. The minimum absolute atomic E-state index is 0.206. The van der Waals surface area contributed by atoms with E-state index < -0.39 is 29.4 Å². The molecule has 0 aromatic heterocycles. The zero-order valence-corrected chi connectivity index (χ0v) is 9.81. The van der Waals surface area contributed by atoms with Gasteiger partial charge >= 0.3 is 11.9 Å². The van der Waals surface area contributed by atoms with Crippen LogP contribution in [0.3, 0.4) is 0 Å². The molecular formula is C10H17NO5. The molecule has 6 nitrogen and oxygen atoms in total. The van der Waals surface area contributed by atoms with Crippen LogP contribution < -0.4 is 5.73 Å². The van der Waals surface area contributed by atoms with Crippen LogP contribution >= 0.6 is 0 Å². The zero-order chi connectivity index (χ0) is 13.1. The summed E-state index contributed by atoms with van der Waals surface area (Å²) in [4.78, 5) is 33.4. The molecule has 1 unspecified atom stereocenters. The number of Topliss-reactive ketones (excluding diaryl/α,β-unsaturated/α-hetero) is 1. The van der Waals surface area contributed by atoms with Gasteiger partial charge in [-0.25, -0.2) is 9.59 Å². The third-order valence-corrected chi connectivity index (χ3v) is 2.27. The van der Waals surface area contributed by atoms with E-state index in [4.69, 9.17) is 5.73 Å². The molecule has 0 fully saturated rings. The Balaban J connectivity index is 4.59. The Hall–Kier alpha value is -1.27. The number of rotatable bonds is 4. The standard InChI is InChI=1S/C10H17NO5/c1-5(2)7(11)8(13)16-9(14)10(4,15)6(3)12/h5,7,15H,11H2,1-4H3/t7-,10?/m0/s1. The van der Waals surface area contributed by atoms with Crippen molar-refractivity contribution in [2.45, 2.75) is 39.3 Å². The predicted octanol–water partition coefficient (Wildman–Crippen LogP) is -0.620. The molecule has 0 aromatic carbocycles. The average Bonchev–Trinajstić information content (AvgIpc) is 2.15. The van der Waals surface area contributed by atoms with Crippen molar-refractivity contribution < 1.29 is 24.2 Å². The molecule has 0 rings (SSSR count). The molecule has 0 radical (unpaired) electrons. The molecule has 0 aromatic rings. The van der Waals surface area contributed by atoms with Gasteiger partial charge in [-0.1, -0.05) is 13.8 Å². The van der Waals surface area contributed by atoms with Crippen LogP contribution in [-0.4, -0.2) is 34.5 Å².